The van der Waals surface area contributed by atoms with Gasteiger partial charge in [0.2, 0.25) is 0 Å². The molecule has 0 heterocycles. The summed E-state index contributed by atoms with van der Waals surface area (Å²) in [4.78, 5) is 0. The van der Waals surface area contributed by atoms with Gasteiger partial charge in [-0.1, -0.05) is 25.5 Å². The van der Waals surface area contributed by atoms with Gasteiger partial charge < -0.3 is 9.47 Å². The van der Waals surface area contributed by atoms with Crippen LogP contribution in [0.3, 0.4) is 0 Å². The van der Waals surface area contributed by atoms with E-state index in [1.807, 2.05) is 0 Å². The Labute approximate surface area is 140 Å². The van der Waals surface area contributed by atoms with Crippen LogP contribution in [-0.4, -0.2) is 13.2 Å². The molecular weight excluding hydrogens is 310 g/mol. The van der Waals surface area contributed by atoms with Crippen LogP contribution in [-0.2, 0) is 0 Å². The quantitative estimate of drug-likeness (QED) is 0.417. The van der Waals surface area contributed by atoms with Gasteiger partial charge in [0.15, 0.2) is 23.1 Å². The molecule has 0 aliphatic heterocycles. The normalized spacial score (nSPS) is 11.2. The van der Waals surface area contributed by atoms with E-state index in [0.717, 1.165) is 12.8 Å². The zero-order chi connectivity index (χ0) is 17.1. The van der Waals surface area contributed by atoms with Crippen LogP contribution < -0.4 is 9.47 Å². The summed E-state index contributed by atoms with van der Waals surface area (Å²) in [5, 5.41) is 2.18. The summed E-state index contributed by atoms with van der Waals surface area (Å²) in [5.74, 6) is -0.370. The highest BCUT2D eigenvalue weighted by Crippen LogP contribution is 2.35. The molecular formula is C20H20F2O2. The molecule has 0 saturated heterocycles. The summed E-state index contributed by atoms with van der Waals surface area (Å²) >= 11 is 0. The van der Waals surface area contributed by atoms with Crippen LogP contribution in [0.4, 0.5) is 8.78 Å². The van der Waals surface area contributed by atoms with Gasteiger partial charge in [-0.2, -0.15) is 0 Å². The number of ether oxygens (including phenoxy) is 2. The van der Waals surface area contributed by atoms with E-state index in [-0.39, 0.29) is 11.5 Å². The molecule has 0 fully saturated rings. The summed E-state index contributed by atoms with van der Waals surface area (Å²) in [6, 6.07) is 9.93. The van der Waals surface area contributed by atoms with Crippen molar-refractivity contribution in [1.82, 2.24) is 0 Å². The van der Waals surface area contributed by atoms with Crippen molar-refractivity contribution in [1.29, 1.82) is 0 Å². The molecule has 0 N–H and O–H groups in total. The summed E-state index contributed by atoms with van der Waals surface area (Å²) < 4.78 is 40.0. The first kappa shape index (κ1) is 16.5. The highest BCUT2D eigenvalue weighted by Gasteiger charge is 2.14. The molecule has 0 amide bonds. The number of unbranched alkanes of at least 4 members (excludes halogenated alkanes) is 1. The van der Waals surface area contributed by atoms with E-state index in [0.29, 0.717) is 34.8 Å². The Morgan fingerprint density at radius 3 is 1.71 bits per heavy atom. The maximum atomic E-state index is 14.7. The Balaban J connectivity index is 2.11. The third-order valence-corrected chi connectivity index (χ3v) is 4.05. The first-order valence-corrected chi connectivity index (χ1v) is 8.26. The minimum absolute atomic E-state index is 0.212. The fraction of sp³-hybridized carbons (Fsp3) is 0.300. The zero-order valence-electron chi connectivity index (χ0n) is 13.9. The number of fused-ring (bicyclic) bond motifs is 3. The van der Waals surface area contributed by atoms with Crippen molar-refractivity contribution < 1.29 is 18.3 Å². The van der Waals surface area contributed by atoms with Gasteiger partial charge in [0, 0.05) is 10.8 Å². The van der Waals surface area contributed by atoms with E-state index in [4.69, 9.17) is 9.47 Å². The number of benzene rings is 3. The fourth-order valence-electron chi connectivity index (χ4n) is 2.81. The van der Waals surface area contributed by atoms with E-state index < -0.39 is 11.6 Å². The molecule has 4 heteroatoms. The molecule has 24 heavy (non-hydrogen) atoms. The van der Waals surface area contributed by atoms with E-state index in [9.17, 15) is 8.78 Å². The number of halogens is 2. The molecule has 3 rings (SSSR count). The lowest BCUT2D eigenvalue weighted by atomic mass is 10.0. The summed E-state index contributed by atoms with van der Waals surface area (Å²) in [5.41, 5.74) is 0. The van der Waals surface area contributed by atoms with Gasteiger partial charge in [-0.25, -0.2) is 8.78 Å². The average Bonchev–Trinajstić information content (AvgIpc) is 2.59. The van der Waals surface area contributed by atoms with Gasteiger partial charge in [0.25, 0.3) is 0 Å². The second kappa shape index (κ2) is 7.04. The topological polar surface area (TPSA) is 18.5 Å². The van der Waals surface area contributed by atoms with Crippen molar-refractivity contribution in [2.45, 2.75) is 26.7 Å². The van der Waals surface area contributed by atoms with Crippen molar-refractivity contribution in [3.8, 4) is 11.5 Å². The van der Waals surface area contributed by atoms with E-state index in [1.54, 1.807) is 43.3 Å². The minimum atomic E-state index is -0.417. The average molecular weight is 330 g/mol. The fourth-order valence-corrected chi connectivity index (χ4v) is 2.81. The second-order valence-electron chi connectivity index (χ2n) is 5.65. The van der Waals surface area contributed by atoms with Gasteiger partial charge in [-0.3, -0.25) is 0 Å². The Bertz CT molecular complexity index is 875. The van der Waals surface area contributed by atoms with Gasteiger partial charge in [0.1, 0.15) is 0 Å². The largest absolute Gasteiger partial charge is 0.491 e. The predicted molar refractivity (Wildman–Crippen MR) is 92.9 cm³/mol. The molecule has 0 aliphatic rings. The van der Waals surface area contributed by atoms with E-state index in [1.165, 1.54) is 0 Å². The Morgan fingerprint density at radius 2 is 1.21 bits per heavy atom. The molecule has 0 atom stereocenters. The monoisotopic (exact) mass is 330 g/mol. The Hall–Kier alpha value is -2.36. The van der Waals surface area contributed by atoms with Crippen molar-refractivity contribution >= 4 is 21.5 Å². The smallest absolute Gasteiger partial charge is 0.172 e. The van der Waals surface area contributed by atoms with Crippen molar-refractivity contribution in [2.75, 3.05) is 13.2 Å². The maximum Gasteiger partial charge on any atom is 0.172 e. The van der Waals surface area contributed by atoms with Crippen LogP contribution in [0.5, 0.6) is 11.5 Å². The third kappa shape index (κ3) is 2.88. The van der Waals surface area contributed by atoms with Crippen LogP contribution in [0.25, 0.3) is 21.5 Å². The zero-order valence-corrected chi connectivity index (χ0v) is 13.9. The first-order chi connectivity index (χ1) is 11.7. The molecule has 0 spiro atoms. The highest BCUT2D eigenvalue weighted by atomic mass is 19.1. The molecule has 3 aromatic carbocycles. The molecule has 0 aliphatic carbocycles. The van der Waals surface area contributed by atoms with E-state index >= 15 is 0 Å². The van der Waals surface area contributed by atoms with Gasteiger partial charge >= 0.3 is 0 Å². The summed E-state index contributed by atoms with van der Waals surface area (Å²) in [6.45, 7) is 4.73. The van der Waals surface area contributed by atoms with Crippen molar-refractivity contribution in [2.24, 2.45) is 0 Å². The maximum absolute atomic E-state index is 14.7. The highest BCUT2D eigenvalue weighted by molar-refractivity contribution is 6.08. The number of hydrogen-bond donors (Lipinski definition) is 0. The second-order valence-corrected chi connectivity index (χ2v) is 5.65. The Morgan fingerprint density at radius 1 is 0.708 bits per heavy atom. The van der Waals surface area contributed by atoms with Crippen LogP contribution in [0.15, 0.2) is 36.4 Å². The number of rotatable bonds is 6. The van der Waals surface area contributed by atoms with Crippen LogP contribution >= 0.6 is 0 Å². The van der Waals surface area contributed by atoms with Gasteiger partial charge in [-0.05, 0) is 48.4 Å². The van der Waals surface area contributed by atoms with E-state index in [2.05, 4.69) is 6.92 Å². The van der Waals surface area contributed by atoms with Gasteiger partial charge in [-0.15, -0.1) is 0 Å². The summed E-state index contributed by atoms with van der Waals surface area (Å²) in [6.07, 6.45) is 1.86. The van der Waals surface area contributed by atoms with Gasteiger partial charge in [0.05, 0.1) is 13.2 Å². The Kier molecular flexibility index (Phi) is 4.84. The van der Waals surface area contributed by atoms with Crippen LogP contribution in [0, 0.1) is 11.6 Å². The predicted octanol–water partition coefficient (Wildman–Crippen LogP) is 5.85. The van der Waals surface area contributed by atoms with Crippen molar-refractivity contribution in [3.05, 3.63) is 48.0 Å². The molecule has 0 bridgehead atoms. The molecule has 2 nitrogen and oxygen atoms in total. The minimum Gasteiger partial charge on any atom is -0.491 e. The molecule has 0 aromatic heterocycles. The molecule has 126 valence electrons. The van der Waals surface area contributed by atoms with Crippen LogP contribution in [0.2, 0.25) is 0 Å². The molecule has 0 saturated carbocycles. The lowest BCUT2D eigenvalue weighted by Gasteiger charge is -2.12. The van der Waals surface area contributed by atoms with Crippen molar-refractivity contribution in [3.63, 3.8) is 0 Å². The molecule has 0 unspecified atom stereocenters. The number of hydrogen-bond acceptors (Lipinski definition) is 2. The first-order valence-electron chi connectivity index (χ1n) is 8.26. The van der Waals surface area contributed by atoms with Crippen LogP contribution in [0.1, 0.15) is 26.7 Å². The standard InChI is InChI=1S/C20H20F2O2/c1-3-5-12-24-18-11-9-14-13-8-10-17(23-4-2)19(21)15(13)6-7-16(14)20(18)22/h6-11H,3-5,12H2,1-2H3. The third-order valence-electron chi connectivity index (χ3n) is 4.05. The lowest BCUT2D eigenvalue weighted by molar-refractivity contribution is 0.295. The lowest BCUT2D eigenvalue weighted by Crippen LogP contribution is -1.99. The SMILES string of the molecule is CCCCOc1ccc2c(ccc3c(F)c(OCC)ccc32)c1F. The molecule has 3 aromatic rings. The molecule has 0 radical (unpaired) electrons. The summed E-state index contributed by atoms with van der Waals surface area (Å²) in [7, 11) is 0.